The van der Waals surface area contributed by atoms with Gasteiger partial charge in [-0.2, -0.15) is 0 Å². The number of aliphatic carboxylic acids is 1. The standard InChI is InChI=1S/C14H19F2NO2/c1-9(10-5-6-11(15)12(16)7-10)17(8-13(18)19)14(2,3)4/h5-7,9H,8H2,1-4H3,(H,18,19). The van der Waals surface area contributed by atoms with Gasteiger partial charge in [-0.1, -0.05) is 6.07 Å². The number of carbonyl (C=O) groups is 1. The van der Waals surface area contributed by atoms with Gasteiger partial charge in [0.05, 0.1) is 6.54 Å². The second-order valence-electron chi connectivity index (χ2n) is 5.54. The van der Waals surface area contributed by atoms with E-state index in [1.807, 2.05) is 20.8 Å². The van der Waals surface area contributed by atoms with Crippen LogP contribution in [0.5, 0.6) is 0 Å². The molecule has 0 saturated carbocycles. The molecule has 0 heterocycles. The summed E-state index contributed by atoms with van der Waals surface area (Å²) < 4.78 is 26.2. The van der Waals surface area contributed by atoms with Crippen LogP contribution in [0.4, 0.5) is 8.78 Å². The monoisotopic (exact) mass is 271 g/mol. The molecule has 1 unspecified atom stereocenters. The second-order valence-corrected chi connectivity index (χ2v) is 5.54. The van der Waals surface area contributed by atoms with Crippen molar-refractivity contribution in [3.63, 3.8) is 0 Å². The highest BCUT2D eigenvalue weighted by molar-refractivity contribution is 5.69. The van der Waals surface area contributed by atoms with E-state index in [1.165, 1.54) is 6.07 Å². The van der Waals surface area contributed by atoms with Crippen molar-refractivity contribution >= 4 is 5.97 Å². The Balaban J connectivity index is 3.08. The Morgan fingerprint density at radius 3 is 2.32 bits per heavy atom. The summed E-state index contributed by atoms with van der Waals surface area (Å²) in [7, 11) is 0. The predicted octanol–water partition coefficient (Wildman–Crippen LogP) is 3.21. The van der Waals surface area contributed by atoms with Gasteiger partial charge in [0.15, 0.2) is 11.6 Å². The number of nitrogens with zero attached hydrogens (tertiary/aromatic N) is 1. The molecule has 0 spiro atoms. The minimum absolute atomic E-state index is 0.163. The van der Waals surface area contributed by atoms with Gasteiger partial charge in [0.25, 0.3) is 0 Å². The molecule has 5 heteroatoms. The lowest BCUT2D eigenvalue weighted by molar-refractivity contribution is -0.140. The summed E-state index contributed by atoms with van der Waals surface area (Å²) in [4.78, 5) is 12.7. The molecule has 0 aromatic heterocycles. The molecular formula is C14H19F2NO2. The molecule has 3 nitrogen and oxygen atoms in total. The van der Waals surface area contributed by atoms with E-state index in [0.29, 0.717) is 5.56 Å². The van der Waals surface area contributed by atoms with Crippen molar-refractivity contribution in [2.45, 2.75) is 39.3 Å². The molecular weight excluding hydrogens is 252 g/mol. The van der Waals surface area contributed by atoms with Crippen molar-refractivity contribution in [1.82, 2.24) is 4.90 Å². The highest BCUT2D eigenvalue weighted by Crippen LogP contribution is 2.28. The molecule has 0 aliphatic carbocycles. The van der Waals surface area contributed by atoms with Crippen LogP contribution in [0.3, 0.4) is 0 Å². The largest absolute Gasteiger partial charge is 0.480 e. The first-order chi connectivity index (χ1) is 8.62. The average molecular weight is 271 g/mol. The smallest absolute Gasteiger partial charge is 0.317 e. The number of carboxylic acid groups (broad SMARTS) is 1. The van der Waals surface area contributed by atoms with Gasteiger partial charge in [-0.05, 0) is 45.4 Å². The fourth-order valence-corrected chi connectivity index (χ4v) is 2.05. The molecule has 19 heavy (non-hydrogen) atoms. The third kappa shape index (κ3) is 3.99. The first-order valence-corrected chi connectivity index (χ1v) is 6.06. The van der Waals surface area contributed by atoms with Crippen molar-refractivity contribution in [2.75, 3.05) is 6.54 Å². The highest BCUT2D eigenvalue weighted by atomic mass is 19.2. The van der Waals surface area contributed by atoms with Gasteiger partial charge < -0.3 is 5.11 Å². The molecule has 1 aromatic carbocycles. The molecule has 0 saturated heterocycles. The quantitative estimate of drug-likeness (QED) is 0.914. The molecule has 1 N–H and O–H groups in total. The van der Waals surface area contributed by atoms with Gasteiger partial charge in [-0.3, -0.25) is 9.69 Å². The number of carboxylic acids is 1. The molecule has 1 rings (SSSR count). The van der Waals surface area contributed by atoms with Crippen molar-refractivity contribution in [1.29, 1.82) is 0 Å². The van der Waals surface area contributed by atoms with Gasteiger partial charge in [-0.25, -0.2) is 8.78 Å². The van der Waals surface area contributed by atoms with Crippen LogP contribution in [-0.2, 0) is 4.79 Å². The van der Waals surface area contributed by atoms with Crippen LogP contribution >= 0.6 is 0 Å². The summed E-state index contributed by atoms with van der Waals surface area (Å²) in [6, 6.07) is 3.32. The third-order valence-electron chi connectivity index (χ3n) is 3.06. The maximum atomic E-state index is 13.3. The van der Waals surface area contributed by atoms with Crippen LogP contribution in [0, 0.1) is 11.6 Å². The minimum atomic E-state index is -0.954. The average Bonchev–Trinajstić information content (AvgIpc) is 2.27. The van der Waals surface area contributed by atoms with Crippen molar-refractivity contribution < 1.29 is 18.7 Å². The molecule has 0 radical (unpaired) electrons. The van der Waals surface area contributed by atoms with E-state index in [0.717, 1.165) is 12.1 Å². The summed E-state index contributed by atoms with van der Waals surface area (Å²) in [5, 5.41) is 8.97. The highest BCUT2D eigenvalue weighted by Gasteiger charge is 2.29. The molecule has 0 amide bonds. The molecule has 1 aromatic rings. The maximum absolute atomic E-state index is 13.3. The normalized spacial score (nSPS) is 13.6. The summed E-state index contributed by atoms with van der Waals surface area (Å²) in [6.45, 7) is 7.26. The Morgan fingerprint density at radius 1 is 1.32 bits per heavy atom. The number of hydrogen-bond acceptors (Lipinski definition) is 2. The number of hydrogen-bond donors (Lipinski definition) is 1. The molecule has 0 fully saturated rings. The van der Waals surface area contributed by atoms with E-state index in [9.17, 15) is 13.6 Å². The Labute approximate surface area is 111 Å². The van der Waals surface area contributed by atoms with Crippen LogP contribution < -0.4 is 0 Å². The maximum Gasteiger partial charge on any atom is 0.317 e. The Kier molecular flexibility index (Phi) is 4.63. The van der Waals surface area contributed by atoms with Gasteiger partial charge in [0.2, 0.25) is 0 Å². The third-order valence-corrected chi connectivity index (χ3v) is 3.06. The number of rotatable bonds is 4. The zero-order valence-electron chi connectivity index (χ0n) is 11.6. The minimum Gasteiger partial charge on any atom is -0.480 e. The van der Waals surface area contributed by atoms with Crippen molar-refractivity contribution in [2.24, 2.45) is 0 Å². The van der Waals surface area contributed by atoms with Crippen LogP contribution in [0.1, 0.15) is 39.3 Å². The number of benzene rings is 1. The van der Waals surface area contributed by atoms with E-state index >= 15 is 0 Å². The van der Waals surface area contributed by atoms with Crippen molar-refractivity contribution in [3.05, 3.63) is 35.4 Å². The molecule has 0 bridgehead atoms. The van der Waals surface area contributed by atoms with Crippen molar-refractivity contribution in [3.8, 4) is 0 Å². The summed E-state index contributed by atoms with van der Waals surface area (Å²) in [6.07, 6.45) is 0. The Morgan fingerprint density at radius 2 is 1.89 bits per heavy atom. The molecule has 0 aliphatic rings. The van der Waals surface area contributed by atoms with Gasteiger partial charge in [0.1, 0.15) is 0 Å². The topological polar surface area (TPSA) is 40.5 Å². The van der Waals surface area contributed by atoms with Gasteiger partial charge >= 0.3 is 5.97 Å². The zero-order chi connectivity index (χ0) is 14.8. The van der Waals surface area contributed by atoms with Crippen LogP contribution in [0.2, 0.25) is 0 Å². The lowest BCUT2D eigenvalue weighted by Gasteiger charge is -2.39. The van der Waals surface area contributed by atoms with Crippen LogP contribution in [0.15, 0.2) is 18.2 Å². The van der Waals surface area contributed by atoms with E-state index in [2.05, 4.69) is 0 Å². The second kappa shape index (κ2) is 5.65. The number of halogens is 2. The summed E-state index contributed by atoms with van der Waals surface area (Å²) >= 11 is 0. The Bertz CT molecular complexity index is 469. The lowest BCUT2D eigenvalue weighted by Crippen LogP contribution is -2.45. The van der Waals surface area contributed by atoms with Crippen LogP contribution in [0.25, 0.3) is 0 Å². The lowest BCUT2D eigenvalue weighted by atomic mass is 9.98. The predicted molar refractivity (Wildman–Crippen MR) is 68.9 cm³/mol. The zero-order valence-corrected chi connectivity index (χ0v) is 11.6. The fraction of sp³-hybridized carbons (Fsp3) is 0.500. The molecule has 0 aliphatic heterocycles. The van der Waals surface area contributed by atoms with Gasteiger partial charge in [0, 0.05) is 11.6 Å². The van der Waals surface area contributed by atoms with E-state index < -0.39 is 23.1 Å². The van der Waals surface area contributed by atoms with E-state index in [1.54, 1.807) is 11.8 Å². The summed E-state index contributed by atoms with van der Waals surface area (Å²) in [5.41, 5.74) is 0.151. The Hall–Kier alpha value is -1.49. The fourth-order valence-electron chi connectivity index (χ4n) is 2.05. The molecule has 1 atom stereocenters. The first kappa shape index (κ1) is 15.6. The first-order valence-electron chi connectivity index (χ1n) is 6.06. The summed E-state index contributed by atoms with van der Waals surface area (Å²) in [5.74, 6) is -2.78. The van der Waals surface area contributed by atoms with E-state index in [-0.39, 0.29) is 12.6 Å². The molecule has 106 valence electrons. The van der Waals surface area contributed by atoms with Crippen LogP contribution in [-0.4, -0.2) is 28.1 Å². The van der Waals surface area contributed by atoms with Gasteiger partial charge in [-0.15, -0.1) is 0 Å². The SMILES string of the molecule is CC(c1ccc(F)c(F)c1)N(CC(=O)O)C(C)(C)C. The van der Waals surface area contributed by atoms with E-state index in [4.69, 9.17) is 5.11 Å².